The molecule has 3 aromatic heterocycles. The molecule has 0 fully saturated rings. The lowest BCUT2D eigenvalue weighted by molar-refractivity contribution is 0.0938. The Morgan fingerprint density at radius 1 is 1.28 bits per heavy atom. The molecule has 4 rings (SSSR count). The zero-order valence-corrected chi connectivity index (χ0v) is 19.9. The quantitative estimate of drug-likeness (QED) is 0.281. The van der Waals surface area contributed by atoms with Crippen molar-refractivity contribution in [3.8, 4) is 11.3 Å². The van der Waals surface area contributed by atoms with E-state index in [0.717, 1.165) is 23.4 Å². The molecule has 1 amide bonds. The maximum absolute atomic E-state index is 14.1. The van der Waals surface area contributed by atoms with Gasteiger partial charge in [0.05, 0.1) is 22.9 Å². The van der Waals surface area contributed by atoms with Crippen LogP contribution < -0.4 is 5.32 Å². The molecule has 0 radical (unpaired) electrons. The van der Waals surface area contributed by atoms with Crippen LogP contribution in [0.4, 0.5) is 8.78 Å². The van der Waals surface area contributed by atoms with Crippen LogP contribution >= 0.6 is 0 Å². The van der Waals surface area contributed by atoms with Crippen LogP contribution in [0, 0.1) is 11.6 Å². The second kappa shape index (κ2) is 10.5. The Morgan fingerprint density at radius 3 is 2.83 bits per heavy atom. The van der Waals surface area contributed by atoms with Crippen molar-refractivity contribution in [3.63, 3.8) is 0 Å². The van der Waals surface area contributed by atoms with Gasteiger partial charge in [0.1, 0.15) is 18.7 Å². The smallest absolute Gasteiger partial charge is 0.273 e. The van der Waals surface area contributed by atoms with Crippen LogP contribution in [-0.2, 0) is 23.7 Å². The minimum Gasteiger partial charge on any atom is -0.399 e. The number of hydrogen-bond acceptors (Lipinski definition) is 7. The van der Waals surface area contributed by atoms with E-state index < -0.39 is 23.0 Å². The average molecular weight is 495 g/mol. The number of halogens is 2. The first-order chi connectivity index (χ1) is 17.3. The SMILES string of the molecule is CON=CCc1cccc(C(C)(CNC(=O)c2cc(-c3ccc(F)cc3F)on2)c2cnn(C)c2)n1. The Labute approximate surface area is 205 Å². The van der Waals surface area contributed by atoms with Crippen LogP contribution in [0.3, 0.4) is 0 Å². The Morgan fingerprint density at radius 2 is 2.11 bits per heavy atom. The van der Waals surface area contributed by atoms with Crippen LogP contribution in [0.2, 0.25) is 0 Å². The van der Waals surface area contributed by atoms with Gasteiger partial charge in [-0.2, -0.15) is 5.10 Å². The number of aryl methyl sites for hydroxylation is 1. The molecule has 1 N–H and O–H groups in total. The molecular weight excluding hydrogens is 470 g/mol. The van der Waals surface area contributed by atoms with Crippen molar-refractivity contribution >= 4 is 12.1 Å². The standard InChI is InChI=1S/C25H24F2N6O3/c1-25(16-13-29-33(2)14-16,23-6-4-5-18(31-23)9-10-30-35-3)15-28-24(34)21-12-22(36-32-21)19-8-7-17(26)11-20(19)27/h4-8,10-14H,9,15H2,1-3H3,(H,28,34). The third kappa shape index (κ3) is 5.29. The lowest BCUT2D eigenvalue weighted by atomic mass is 9.80. The first-order valence-corrected chi connectivity index (χ1v) is 11.0. The summed E-state index contributed by atoms with van der Waals surface area (Å²) in [5.74, 6) is -2.04. The molecule has 1 unspecified atom stereocenters. The number of pyridine rings is 1. The molecule has 4 aromatic rings. The minimum atomic E-state index is -0.816. The van der Waals surface area contributed by atoms with Gasteiger partial charge in [-0.1, -0.05) is 16.4 Å². The second-order valence-corrected chi connectivity index (χ2v) is 8.31. The van der Waals surface area contributed by atoms with Gasteiger partial charge in [-0.3, -0.25) is 14.5 Å². The lowest BCUT2D eigenvalue weighted by Crippen LogP contribution is -2.40. The van der Waals surface area contributed by atoms with E-state index >= 15 is 0 Å². The van der Waals surface area contributed by atoms with E-state index in [-0.39, 0.29) is 23.6 Å². The Hall–Kier alpha value is -4.41. The van der Waals surface area contributed by atoms with Crippen LogP contribution in [-0.4, -0.2) is 45.7 Å². The van der Waals surface area contributed by atoms with Crippen LogP contribution in [0.5, 0.6) is 0 Å². The highest BCUT2D eigenvalue weighted by atomic mass is 19.1. The van der Waals surface area contributed by atoms with Crippen molar-refractivity contribution in [3.05, 3.63) is 89.1 Å². The molecule has 0 aliphatic carbocycles. The zero-order valence-electron chi connectivity index (χ0n) is 19.9. The van der Waals surface area contributed by atoms with Gasteiger partial charge in [0.15, 0.2) is 11.5 Å². The molecular formula is C25H24F2N6O3. The number of oxime groups is 1. The van der Waals surface area contributed by atoms with Gasteiger partial charge >= 0.3 is 0 Å². The summed E-state index contributed by atoms with van der Waals surface area (Å²) >= 11 is 0. The van der Waals surface area contributed by atoms with Gasteiger partial charge in [0, 0.05) is 55.8 Å². The fraction of sp³-hybridized carbons (Fsp3) is 0.240. The predicted molar refractivity (Wildman–Crippen MR) is 127 cm³/mol. The summed E-state index contributed by atoms with van der Waals surface area (Å²) in [4.78, 5) is 22.4. The number of nitrogens with one attached hydrogen (secondary N) is 1. The molecule has 0 saturated carbocycles. The van der Waals surface area contributed by atoms with Crippen molar-refractivity contribution < 1.29 is 22.9 Å². The summed E-state index contributed by atoms with van der Waals surface area (Å²) in [6.07, 6.45) is 5.66. The number of benzene rings is 1. The van der Waals surface area contributed by atoms with Gasteiger partial charge in [0.25, 0.3) is 5.91 Å². The van der Waals surface area contributed by atoms with E-state index in [1.807, 2.05) is 31.3 Å². The van der Waals surface area contributed by atoms with E-state index in [1.54, 1.807) is 24.1 Å². The summed E-state index contributed by atoms with van der Waals surface area (Å²) in [6, 6.07) is 10.0. The monoisotopic (exact) mass is 494 g/mol. The average Bonchev–Trinajstić information content (AvgIpc) is 3.53. The second-order valence-electron chi connectivity index (χ2n) is 8.31. The van der Waals surface area contributed by atoms with Crippen LogP contribution in [0.25, 0.3) is 11.3 Å². The third-order valence-corrected chi connectivity index (χ3v) is 5.74. The largest absolute Gasteiger partial charge is 0.399 e. The van der Waals surface area contributed by atoms with Gasteiger partial charge in [0.2, 0.25) is 0 Å². The number of amides is 1. The number of carbonyl (C=O) groups is 1. The Kier molecular flexibility index (Phi) is 7.18. The molecule has 3 heterocycles. The first-order valence-electron chi connectivity index (χ1n) is 11.0. The Balaban J connectivity index is 1.57. The summed E-state index contributed by atoms with van der Waals surface area (Å²) < 4.78 is 34.1. The number of nitrogens with zero attached hydrogens (tertiary/aromatic N) is 5. The summed E-state index contributed by atoms with van der Waals surface area (Å²) in [5, 5.41) is 14.7. The highest BCUT2D eigenvalue weighted by molar-refractivity contribution is 5.93. The van der Waals surface area contributed by atoms with Crippen LogP contribution in [0.1, 0.15) is 34.4 Å². The van der Waals surface area contributed by atoms with E-state index in [9.17, 15) is 13.6 Å². The fourth-order valence-electron chi connectivity index (χ4n) is 3.70. The van der Waals surface area contributed by atoms with Gasteiger partial charge < -0.3 is 14.7 Å². The van der Waals surface area contributed by atoms with Crippen LogP contribution in [0.15, 0.2) is 64.5 Å². The third-order valence-electron chi connectivity index (χ3n) is 5.74. The topological polar surface area (TPSA) is 107 Å². The van der Waals surface area contributed by atoms with E-state index in [2.05, 4.69) is 20.7 Å². The highest BCUT2D eigenvalue weighted by Gasteiger charge is 2.33. The maximum Gasteiger partial charge on any atom is 0.273 e. The van der Waals surface area contributed by atoms with Crippen molar-refractivity contribution in [1.82, 2.24) is 25.2 Å². The molecule has 9 nitrogen and oxygen atoms in total. The number of aromatic nitrogens is 4. The zero-order chi connectivity index (χ0) is 25.7. The van der Waals surface area contributed by atoms with Crippen molar-refractivity contribution in [2.75, 3.05) is 13.7 Å². The maximum atomic E-state index is 14.1. The van der Waals surface area contributed by atoms with Gasteiger partial charge in [-0.05, 0) is 31.2 Å². The van der Waals surface area contributed by atoms with Crippen molar-refractivity contribution in [1.29, 1.82) is 0 Å². The molecule has 1 aromatic carbocycles. The molecule has 36 heavy (non-hydrogen) atoms. The number of hydrogen-bond donors (Lipinski definition) is 1. The molecule has 0 bridgehead atoms. The van der Waals surface area contributed by atoms with Gasteiger partial charge in [-0.15, -0.1) is 0 Å². The van der Waals surface area contributed by atoms with E-state index in [1.165, 1.54) is 19.2 Å². The number of carbonyl (C=O) groups excluding carboxylic acids is 1. The molecule has 0 aliphatic heterocycles. The number of rotatable bonds is 9. The molecule has 11 heteroatoms. The van der Waals surface area contributed by atoms with E-state index in [4.69, 9.17) is 14.3 Å². The lowest BCUT2D eigenvalue weighted by Gasteiger charge is -2.28. The normalized spacial score (nSPS) is 13.0. The summed E-state index contributed by atoms with van der Waals surface area (Å²) in [7, 11) is 3.27. The van der Waals surface area contributed by atoms with Gasteiger partial charge in [-0.25, -0.2) is 8.78 Å². The molecule has 186 valence electrons. The Bertz CT molecular complexity index is 1400. The summed E-state index contributed by atoms with van der Waals surface area (Å²) in [6.45, 7) is 2.11. The fourth-order valence-corrected chi connectivity index (χ4v) is 3.70. The first kappa shape index (κ1) is 24.7. The molecule has 0 saturated heterocycles. The molecule has 1 atom stereocenters. The van der Waals surface area contributed by atoms with Crippen molar-refractivity contribution in [2.45, 2.75) is 18.8 Å². The minimum absolute atomic E-state index is 0.00109. The van der Waals surface area contributed by atoms with Crippen molar-refractivity contribution in [2.24, 2.45) is 12.2 Å². The molecule has 0 spiro atoms. The highest BCUT2D eigenvalue weighted by Crippen LogP contribution is 2.30. The summed E-state index contributed by atoms with van der Waals surface area (Å²) in [5.41, 5.74) is 1.55. The predicted octanol–water partition coefficient (Wildman–Crippen LogP) is 3.66. The van der Waals surface area contributed by atoms with E-state index in [0.29, 0.717) is 12.1 Å². The molecule has 0 aliphatic rings.